The summed E-state index contributed by atoms with van der Waals surface area (Å²) < 4.78 is 1.22. The van der Waals surface area contributed by atoms with Crippen LogP contribution >= 0.6 is 15.9 Å². The molecule has 2 heteroatoms. The molecule has 1 rings (SSSR count). The van der Waals surface area contributed by atoms with Crippen LogP contribution in [-0.4, -0.2) is 13.1 Å². The molecule has 0 aliphatic rings. The van der Waals surface area contributed by atoms with E-state index in [1.807, 2.05) is 6.07 Å². The first-order valence-corrected chi connectivity index (χ1v) is 6.16. The van der Waals surface area contributed by atoms with Crippen molar-refractivity contribution in [2.75, 3.05) is 13.1 Å². The summed E-state index contributed by atoms with van der Waals surface area (Å²) in [7, 11) is 0. The van der Waals surface area contributed by atoms with Gasteiger partial charge in [-0.2, -0.15) is 0 Å². The minimum Gasteiger partial charge on any atom is -0.317 e. The van der Waals surface area contributed by atoms with Gasteiger partial charge in [0.2, 0.25) is 0 Å². The third-order valence-electron chi connectivity index (χ3n) is 2.33. The van der Waals surface area contributed by atoms with Gasteiger partial charge >= 0.3 is 0 Å². The van der Waals surface area contributed by atoms with Crippen LogP contribution in [0.3, 0.4) is 0 Å². The summed E-state index contributed by atoms with van der Waals surface area (Å²) in [6, 6.07) is 10.4. The van der Waals surface area contributed by atoms with Gasteiger partial charge in [0, 0.05) is 4.48 Å². The zero-order valence-corrected chi connectivity index (χ0v) is 11.0. The summed E-state index contributed by atoms with van der Waals surface area (Å²) >= 11 is 3.66. The summed E-state index contributed by atoms with van der Waals surface area (Å²) in [6.45, 7) is 6.39. The van der Waals surface area contributed by atoms with Crippen molar-refractivity contribution >= 4 is 20.4 Å². The van der Waals surface area contributed by atoms with Gasteiger partial charge in [-0.05, 0) is 32.0 Å². The minimum absolute atomic E-state index is 1.04. The molecule has 0 bridgehead atoms. The first-order valence-electron chi connectivity index (χ1n) is 5.37. The fourth-order valence-corrected chi connectivity index (χ4v) is 1.86. The van der Waals surface area contributed by atoms with Gasteiger partial charge in [-0.1, -0.05) is 58.8 Å². The molecule has 0 atom stereocenters. The Morgan fingerprint density at radius 2 is 1.93 bits per heavy atom. The summed E-state index contributed by atoms with van der Waals surface area (Å²) in [5.41, 5.74) is 2.65. The van der Waals surface area contributed by atoms with Crippen molar-refractivity contribution in [1.82, 2.24) is 5.32 Å². The topological polar surface area (TPSA) is 12.0 Å². The van der Waals surface area contributed by atoms with Crippen molar-refractivity contribution in [2.24, 2.45) is 0 Å². The Labute approximate surface area is 101 Å². The number of halogens is 1. The van der Waals surface area contributed by atoms with E-state index in [4.69, 9.17) is 0 Å². The molecule has 1 nitrogen and oxygen atoms in total. The van der Waals surface area contributed by atoms with E-state index in [0.29, 0.717) is 0 Å². The average Bonchev–Trinajstić information content (AvgIpc) is 2.29. The Balaban J connectivity index is 2.64. The largest absolute Gasteiger partial charge is 0.317 e. The number of benzene rings is 1. The first kappa shape index (κ1) is 12.5. The van der Waals surface area contributed by atoms with Crippen molar-refractivity contribution in [1.29, 1.82) is 0 Å². The summed E-state index contributed by atoms with van der Waals surface area (Å²) in [6.07, 6.45) is 1.09. The molecule has 0 radical (unpaired) electrons. The van der Waals surface area contributed by atoms with Crippen LogP contribution in [0.1, 0.15) is 25.8 Å². The SMILES string of the molecule is CCNCC/C(C)=C(\Br)c1ccccc1. The Kier molecular flexibility index (Phi) is 5.66. The Morgan fingerprint density at radius 3 is 2.53 bits per heavy atom. The van der Waals surface area contributed by atoms with Crippen LogP contribution in [0.2, 0.25) is 0 Å². The average molecular weight is 268 g/mol. The van der Waals surface area contributed by atoms with E-state index in [0.717, 1.165) is 19.5 Å². The highest BCUT2D eigenvalue weighted by atomic mass is 79.9. The van der Waals surface area contributed by atoms with Crippen molar-refractivity contribution in [2.45, 2.75) is 20.3 Å². The van der Waals surface area contributed by atoms with E-state index >= 15 is 0 Å². The van der Waals surface area contributed by atoms with Gasteiger partial charge in [-0.15, -0.1) is 0 Å². The molecule has 0 saturated heterocycles. The molecule has 0 unspecified atom stereocenters. The van der Waals surface area contributed by atoms with Gasteiger partial charge in [0.15, 0.2) is 0 Å². The second kappa shape index (κ2) is 6.81. The lowest BCUT2D eigenvalue weighted by atomic mass is 10.1. The first-order chi connectivity index (χ1) is 7.25. The second-order valence-corrected chi connectivity index (χ2v) is 4.36. The van der Waals surface area contributed by atoms with E-state index in [9.17, 15) is 0 Å². The van der Waals surface area contributed by atoms with E-state index in [-0.39, 0.29) is 0 Å². The van der Waals surface area contributed by atoms with E-state index in [1.54, 1.807) is 0 Å². The van der Waals surface area contributed by atoms with Gasteiger partial charge in [0.05, 0.1) is 0 Å². The quantitative estimate of drug-likeness (QED) is 0.801. The van der Waals surface area contributed by atoms with Crippen molar-refractivity contribution in [3.8, 4) is 0 Å². The summed E-state index contributed by atoms with van der Waals surface area (Å²) in [4.78, 5) is 0. The maximum Gasteiger partial charge on any atom is 0.0237 e. The zero-order chi connectivity index (χ0) is 11.1. The molecule has 0 fully saturated rings. The molecular weight excluding hydrogens is 250 g/mol. The van der Waals surface area contributed by atoms with Crippen LogP contribution in [0, 0.1) is 0 Å². The minimum atomic E-state index is 1.04. The van der Waals surface area contributed by atoms with Crippen molar-refractivity contribution in [3.63, 3.8) is 0 Å². The van der Waals surface area contributed by atoms with Crippen molar-refractivity contribution in [3.05, 3.63) is 41.5 Å². The third-order valence-corrected chi connectivity index (χ3v) is 3.46. The van der Waals surface area contributed by atoms with E-state index in [1.165, 1.54) is 15.6 Å². The van der Waals surface area contributed by atoms with Crippen LogP contribution in [0.25, 0.3) is 4.48 Å². The second-order valence-electron chi connectivity index (χ2n) is 3.56. The highest BCUT2D eigenvalue weighted by Crippen LogP contribution is 2.26. The fourth-order valence-electron chi connectivity index (χ4n) is 1.39. The molecule has 0 aromatic heterocycles. The summed E-state index contributed by atoms with van der Waals surface area (Å²) in [5.74, 6) is 0. The molecule has 0 saturated carbocycles. The maximum atomic E-state index is 3.66. The highest BCUT2D eigenvalue weighted by molar-refractivity contribution is 9.15. The lowest BCUT2D eigenvalue weighted by molar-refractivity contribution is 0.714. The lowest BCUT2D eigenvalue weighted by Crippen LogP contribution is -2.14. The monoisotopic (exact) mass is 267 g/mol. The van der Waals surface area contributed by atoms with Gasteiger partial charge in [-0.3, -0.25) is 0 Å². The van der Waals surface area contributed by atoms with Gasteiger partial charge in [-0.25, -0.2) is 0 Å². The Morgan fingerprint density at radius 1 is 1.27 bits per heavy atom. The molecule has 15 heavy (non-hydrogen) atoms. The molecular formula is C13H18BrN. The number of rotatable bonds is 5. The zero-order valence-electron chi connectivity index (χ0n) is 9.39. The van der Waals surface area contributed by atoms with Crippen LogP contribution < -0.4 is 5.32 Å². The van der Waals surface area contributed by atoms with Crippen LogP contribution in [0.15, 0.2) is 35.9 Å². The molecule has 1 aromatic carbocycles. The molecule has 0 aliphatic carbocycles. The molecule has 0 amide bonds. The standard InChI is InChI=1S/C13H18BrN/c1-3-15-10-9-11(2)13(14)12-7-5-4-6-8-12/h4-8,15H,3,9-10H2,1-2H3/b13-11-. The predicted molar refractivity (Wildman–Crippen MR) is 71.1 cm³/mol. The number of hydrogen-bond acceptors (Lipinski definition) is 1. The van der Waals surface area contributed by atoms with Crippen LogP contribution in [0.5, 0.6) is 0 Å². The van der Waals surface area contributed by atoms with E-state index < -0.39 is 0 Å². The highest BCUT2D eigenvalue weighted by Gasteiger charge is 2.01. The smallest absolute Gasteiger partial charge is 0.0237 e. The van der Waals surface area contributed by atoms with Gasteiger partial charge < -0.3 is 5.32 Å². The molecule has 0 heterocycles. The number of nitrogens with one attached hydrogen (secondary N) is 1. The van der Waals surface area contributed by atoms with Gasteiger partial charge in [0.1, 0.15) is 0 Å². The third kappa shape index (κ3) is 4.18. The lowest BCUT2D eigenvalue weighted by Gasteiger charge is -2.07. The normalized spacial score (nSPS) is 12.5. The molecule has 0 spiro atoms. The Bertz CT molecular complexity index is 317. The Hall–Kier alpha value is -0.600. The fraction of sp³-hybridized carbons (Fsp3) is 0.385. The predicted octanol–water partition coefficient (Wildman–Crippen LogP) is 3.81. The summed E-state index contributed by atoms with van der Waals surface area (Å²) in [5, 5.41) is 3.33. The van der Waals surface area contributed by atoms with Crippen LogP contribution in [-0.2, 0) is 0 Å². The van der Waals surface area contributed by atoms with Gasteiger partial charge in [0.25, 0.3) is 0 Å². The number of hydrogen-bond donors (Lipinski definition) is 1. The molecule has 1 N–H and O–H groups in total. The molecule has 0 aliphatic heterocycles. The van der Waals surface area contributed by atoms with Crippen molar-refractivity contribution < 1.29 is 0 Å². The molecule has 82 valence electrons. The van der Waals surface area contributed by atoms with E-state index in [2.05, 4.69) is 59.4 Å². The molecule has 1 aromatic rings. The van der Waals surface area contributed by atoms with Crippen LogP contribution in [0.4, 0.5) is 0 Å². The maximum absolute atomic E-state index is 3.66.